The molecule has 0 unspecified atom stereocenters. The quantitative estimate of drug-likeness (QED) is 0.350. The van der Waals surface area contributed by atoms with Crippen molar-refractivity contribution in [1.29, 1.82) is 0 Å². The monoisotopic (exact) mass is 382 g/mol. The van der Waals surface area contributed by atoms with Crippen molar-refractivity contribution in [3.63, 3.8) is 0 Å². The molecule has 0 aromatic heterocycles. The summed E-state index contributed by atoms with van der Waals surface area (Å²) in [5.74, 6) is -5.81. The second-order valence-electron chi connectivity index (χ2n) is 2.63. The molecule has 0 fully saturated rings. The van der Waals surface area contributed by atoms with E-state index in [4.69, 9.17) is 0 Å². The molecule has 0 aliphatic rings. The Morgan fingerprint density at radius 1 is 0.867 bits per heavy atom. The van der Waals surface area contributed by atoms with Crippen molar-refractivity contribution in [2.45, 2.75) is 17.6 Å². The lowest BCUT2D eigenvalue weighted by molar-refractivity contribution is -0.174. The molecule has 0 bridgehead atoms. The fourth-order valence-electron chi connectivity index (χ4n) is 0.546. The smallest absolute Gasteiger partial charge is 0.198 e. The Hall–Kier alpha value is 0.450. The molecule has 0 saturated carbocycles. The van der Waals surface area contributed by atoms with Crippen molar-refractivity contribution in [3.8, 4) is 0 Å². The van der Waals surface area contributed by atoms with Crippen LogP contribution < -0.4 is 0 Å². The topological polar surface area (TPSA) is 0 Å². The van der Waals surface area contributed by atoms with Crippen LogP contribution in [0.4, 0.5) is 37.0 Å². The molecule has 0 aliphatic heterocycles. The molecule has 0 amide bonds. The lowest BCUT2D eigenvalue weighted by Crippen LogP contribution is -2.49. The van der Waals surface area contributed by atoms with Crippen LogP contribution in [0, 0.1) is 0 Å². The van der Waals surface area contributed by atoms with Gasteiger partial charge in [-0.25, -0.2) is 0 Å². The number of rotatable bonds is 4. The van der Waals surface area contributed by atoms with E-state index in [9.17, 15) is 37.0 Å². The van der Waals surface area contributed by atoms with Gasteiger partial charge in [-0.1, -0.05) is 42.0 Å². The Morgan fingerprint density at radius 2 is 1.20 bits per heavy atom. The van der Waals surface area contributed by atoms with Crippen LogP contribution in [0.1, 0.15) is 6.42 Å². The summed E-state index contributed by atoms with van der Waals surface area (Å²) in [6.07, 6.45) is -1.98. The van der Waals surface area contributed by atoms with Crippen LogP contribution in [0.15, 0.2) is 0 Å². The van der Waals surface area contributed by atoms with Gasteiger partial charge < -0.3 is 0 Å². The third kappa shape index (κ3) is 2.77. The predicted molar refractivity (Wildman–Crippen MR) is 46.5 cm³/mol. The minimum Gasteiger partial charge on any atom is -0.198 e. The van der Waals surface area contributed by atoms with E-state index in [0.717, 1.165) is 22.6 Å². The van der Waals surface area contributed by atoms with E-state index in [1.807, 2.05) is 0 Å². The summed E-state index contributed by atoms with van der Waals surface area (Å²) in [6.45, 7) is 0. The highest BCUT2D eigenvalue weighted by atomic mass is 127. The van der Waals surface area contributed by atoms with Crippen LogP contribution >= 0.6 is 32.8 Å². The molecule has 0 aliphatic carbocycles. The van der Waals surface area contributed by atoms with E-state index in [-0.39, 0.29) is 0 Å². The SMILES string of the molecule is FC(F)(CCI)C(F)(F)S(F)(F)(F)(F)F. The van der Waals surface area contributed by atoms with Crippen molar-refractivity contribution in [1.82, 2.24) is 0 Å². The zero-order valence-electron chi connectivity index (χ0n) is 6.60. The maximum absolute atomic E-state index is 12.3. The maximum Gasteiger partial charge on any atom is 0.443 e. The summed E-state index contributed by atoms with van der Waals surface area (Å²) in [6, 6.07) is 0. The zero-order valence-corrected chi connectivity index (χ0v) is 9.58. The summed E-state index contributed by atoms with van der Waals surface area (Å²) in [5, 5.41) is -7.29. The molecule has 0 aromatic carbocycles. The molecule has 0 heterocycles. The molecule has 15 heavy (non-hydrogen) atoms. The minimum atomic E-state index is -11.6. The zero-order chi connectivity index (χ0) is 12.8. The molecule has 0 rings (SSSR count). The number of alkyl halides is 5. The molecule has 0 saturated heterocycles. The molecule has 0 aromatic rings. The average molecular weight is 382 g/mol. The summed E-state index contributed by atoms with van der Waals surface area (Å²) in [7, 11) is -11.6. The largest absolute Gasteiger partial charge is 0.443 e. The fourth-order valence-corrected chi connectivity index (χ4v) is 1.89. The third-order valence-electron chi connectivity index (χ3n) is 1.32. The molecule has 0 atom stereocenters. The Labute approximate surface area is 92.1 Å². The minimum absolute atomic E-state index is 0.811. The van der Waals surface area contributed by atoms with E-state index < -0.39 is 32.2 Å². The fraction of sp³-hybridized carbons (Fsp3) is 1.00. The van der Waals surface area contributed by atoms with Gasteiger partial charge in [0.2, 0.25) is 0 Å². The van der Waals surface area contributed by atoms with Gasteiger partial charge in [0, 0.05) is 10.8 Å². The van der Waals surface area contributed by atoms with Gasteiger partial charge >= 0.3 is 21.4 Å². The van der Waals surface area contributed by atoms with Crippen molar-refractivity contribution in [2.24, 2.45) is 0 Å². The van der Waals surface area contributed by atoms with E-state index in [1.54, 1.807) is 0 Å². The second kappa shape index (κ2) is 3.01. The lowest BCUT2D eigenvalue weighted by Gasteiger charge is -2.48. The van der Waals surface area contributed by atoms with Crippen molar-refractivity contribution >= 4 is 32.8 Å². The Morgan fingerprint density at radius 3 is 1.40 bits per heavy atom. The molecular formula is C4H4F9IS. The van der Waals surface area contributed by atoms with Gasteiger partial charge in [0.1, 0.15) is 0 Å². The number of hydrogen-bond donors (Lipinski definition) is 0. The van der Waals surface area contributed by atoms with Gasteiger partial charge in [-0.15, -0.1) is 0 Å². The van der Waals surface area contributed by atoms with E-state index in [2.05, 4.69) is 0 Å². The van der Waals surface area contributed by atoms with E-state index in [0.29, 0.717) is 0 Å². The first-order valence-corrected chi connectivity index (χ1v) is 6.58. The third-order valence-corrected chi connectivity index (χ3v) is 3.13. The summed E-state index contributed by atoms with van der Waals surface area (Å²) in [4.78, 5) is 0. The first-order valence-electron chi connectivity index (χ1n) is 3.10. The number of hydrogen-bond acceptors (Lipinski definition) is 0. The second-order valence-corrected chi connectivity index (χ2v) is 6.16. The summed E-state index contributed by atoms with van der Waals surface area (Å²) >= 11 is 1.08. The van der Waals surface area contributed by atoms with Crippen LogP contribution in [0.25, 0.3) is 0 Å². The molecule has 0 nitrogen and oxygen atoms in total. The highest BCUT2D eigenvalue weighted by Crippen LogP contribution is 3.05. The highest BCUT2D eigenvalue weighted by molar-refractivity contribution is 14.1. The Bertz CT molecular complexity index is 251. The van der Waals surface area contributed by atoms with Crippen molar-refractivity contribution < 1.29 is 37.0 Å². The molecule has 96 valence electrons. The van der Waals surface area contributed by atoms with Gasteiger partial charge in [0.15, 0.2) is 0 Å². The standard InChI is InChI=1S/C4H4F9IS/c5-3(6,1-2-14)4(7,8)15(9,10,11,12)13/h1-2H2. The highest BCUT2D eigenvalue weighted by Gasteiger charge is 2.90. The van der Waals surface area contributed by atoms with Crippen LogP contribution in [-0.2, 0) is 0 Å². The van der Waals surface area contributed by atoms with Gasteiger partial charge in [0.25, 0.3) is 0 Å². The van der Waals surface area contributed by atoms with Gasteiger partial charge in [0.05, 0.1) is 0 Å². The molecular weight excluding hydrogens is 378 g/mol. The van der Waals surface area contributed by atoms with Crippen molar-refractivity contribution in [3.05, 3.63) is 0 Å². The predicted octanol–water partition coefficient (Wildman–Crippen LogP) is 5.34. The number of halogens is 10. The van der Waals surface area contributed by atoms with Crippen LogP contribution in [-0.4, -0.2) is 15.6 Å². The summed E-state index contributed by atoms with van der Waals surface area (Å²) < 4.78 is 106. The summed E-state index contributed by atoms with van der Waals surface area (Å²) in [5.41, 5.74) is 0. The molecule has 0 radical (unpaired) electrons. The van der Waals surface area contributed by atoms with E-state index in [1.165, 1.54) is 0 Å². The average Bonchev–Trinajstić information content (AvgIpc) is 1.80. The van der Waals surface area contributed by atoms with Gasteiger partial charge in [-0.2, -0.15) is 17.6 Å². The first kappa shape index (κ1) is 15.4. The lowest BCUT2D eigenvalue weighted by atomic mass is 10.3. The van der Waals surface area contributed by atoms with Crippen LogP contribution in [0.2, 0.25) is 0 Å². The van der Waals surface area contributed by atoms with Gasteiger partial charge in [-0.05, 0) is 0 Å². The maximum atomic E-state index is 12.3. The molecule has 0 spiro atoms. The van der Waals surface area contributed by atoms with Crippen LogP contribution in [0.5, 0.6) is 0 Å². The van der Waals surface area contributed by atoms with E-state index >= 15 is 0 Å². The molecule has 0 N–H and O–H groups in total. The van der Waals surface area contributed by atoms with Crippen molar-refractivity contribution in [2.75, 3.05) is 4.43 Å². The first-order chi connectivity index (χ1) is 6.06. The Kier molecular flexibility index (Phi) is 3.10. The molecule has 11 heteroatoms. The normalized spacial score (nSPS) is 19.6. The van der Waals surface area contributed by atoms with Crippen LogP contribution in [0.3, 0.4) is 0 Å². The van der Waals surface area contributed by atoms with Gasteiger partial charge in [-0.3, -0.25) is 0 Å². The Balaban J connectivity index is 5.54.